The molecule has 0 amide bonds. The van der Waals surface area contributed by atoms with Gasteiger partial charge in [0.2, 0.25) is 0 Å². The number of halogens is 1. The van der Waals surface area contributed by atoms with Crippen LogP contribution in [0.5, 0.6) is 0 Å². The summed E-state index contributed by atoms with van der Waals surface area (Å²) in [6.07, 6.45) is 5.20. The van der Waals surface area contributed by atoms with Gasteiger partial charge in [-0.1, -0.05) is 31.9 Å². The van der Waals surface area contributed by atoms with E-state index in [2.05, 4.69) is 29.6 Å². The number of aromatic nitrogens is 2. The Kier molecular flexibility index (Phi) is 5.43. The van der Waals surface area contributed by atoms with Gasteiger partial charge in [-0.3, -0.25) is 4.79 Å². The van der Waals surface area contributed by atoms with Crippen LogP contribution in [0.1, 0.15) is 33.1 Å². The van der Waals surface area contributed by atoms with E-state index in [0.717, 1.165) is 6.54 Å². The fourth-order valence-electron chi connectivity index (χ4n) is 2.23. The summed E-state index contributed by atoms with van der Waals surface area (Å²) in [6.45, 7) is 6.34. The molecule has 1 aromatic rings. The Morgan fingerprint density at radius 3 is 2.80 bits per heavy atom. The Bertz CT molecular complexity index is 496. The lowest BCUT2D eigenvalue weighted by Crippen LogP contribution is -2.33. The molecule has 1 saturated carbocycles. The second-order valence-electron chi connectivity index (χ2n) is 5.69. The molecule has 5 nitrogen and oxygen atoms in total. The maximum atomic E-state index is 12.3. The van der Waals surface area contributed by atoms with E-state index in [4.69, 9.17) is 11.6 Å². The molecular formula is C14H23ClN4O. The number of anilines is 1. The van der Waals surface area contributed by atoms with E-state index in [1.165, 1.54) is 23.9 Å². The molecule has 1 aliphatic rings. The average molecular weight is 299 g/mol. The molecule has 6 heteroatoms. The third kappa shape index (κ3) is 3.96. The van der Waals surface area contributed by atoms with E-state index >= 15 is 0 Å². The summed E-state index contributed by atoms with van der Waals surface area (Å²) >= 11 is 6.07. The first-order valence-electron chi connectivity index (χ1n) is 7.31. The van der Waals surface area contributed by atoms with Crippen LogP contribution in [0.15, 0.2) is 11.0 Å². The summed E-state index contributed by atoms with van der Waals surface area (Å²) in [4.78, 5) is 12.3. The van der Waals surface area contributed by atoms with E-state index in [9.17, 15) is 4.79 Å². The fraction of sp³-hybridized carbons (Fsp3) is 0.714. The summed E-state index contributed by atoms with van der Waals surface area (Å²) in [6, 6.07) is 0.431. The standard InChI is InChI=1S/C14H23ClN4O/c1-10(2)16-6-7-17-13-12(15)8-18-19(14(13)20)9-11-4-3-5-11/h8,10-11,16-17H,3-7,9H2,1-2H3. The van der Waals surface area contributed by atoms with Crippen LogP contribution >= 0.6 is 11.6 Å². The highest BCUT2D eigenvalue weighted by Crippen LogP contribution is 2.27. The molecule has 1 aromatic heterocycles. The lowest BCUT2D eigenvalue weighted by molar-refractivity contribution is 0.262. The van der Waals surface area contributed by atoms with Crippen LogP contribution in [0, 0.1) is 5.92 Å². The first-order valence-corrected chi connectivity index (χ1v) is 7.68. The van der Waals surface area contributed by atoms with Crippen LogP contribution in [0.4, 0.5) is 5.69 Å². The van der Waals surface area contributed by atoms with E-state index < -0.39 is 0 Å². The molecule has 0 aliphatic heterocycles. The molecule has 0 atom stereocenters. The first kappa shape index (κ1) is 15.3. The number of hydrogen-bond acceptors (Lipinski definition) is 4. The quantitative estimate of drug-likeness (QED) is 0.757. The van der Waals surface area contributed by atoms with Gasteiger partial charge < -0.3 is 10.6 Å². The summed E-state index contributed by atoms with van der Waals surface area (Å²) in [5, 5.41) is 10.9. The van der Waals surface area contributed by atoms with Crippen molar-refractivity contribution >= 4 is 17.3 Å². The molecule has 1 aliphatic carbocycles. The van der Waals surface area contributed by atoms with Crippen molar-refractivity contribution in [3.63, 3.8) is 0 Å². The molecule has 0 spiro atoms. The van der Waals surface area contributed by atoms with Gasteiger partial charge in [0.25, 0.3) is 5.56 Å². The van der Waals surface area contributed by atoms with Gasteiger partial charge in [0.1, 0.15) is 5.69 Å². The number of rotatable bonds is 7. The lowest BCUT2D eigenvalue weighted by Gasteiger charge is -2.25. The van der Waals surface area contributed by atoms with Crippen molar-refractivity contribution in [2.24, 2.45) is 5.92 Å². The third-order valence-corrected chi connectivity index (χ3v) is 3.92. The number of nitrogens with zero attached hydrogens (tertiary/aromatic N) is 2. The van der Waals surface area contributed by atoms with E-state index in [-0.39, 0.29) is 5.56 Å². The Labute approximate surface area is 124 Å². The average Bonchev–Trinajstić information content (AvgIpc) is 2.34. The predicted octanol–water partition coefficient (Wildman–Crippen LogP) is 2.11. The first-order chi connectivity index (χ1) is 9.58. The Morgan fingerprint density at radius 2 is 2.20 bits per heavy atom. The van der Waals surface area contributed by atoms with E-state index in [1.54, 1.807) is 6.20 Å². The van der Waals surface area contributed by atoms with Crippen molar-refractivity contribution in [2.45, 2.75) is 45.7 Å². The highest BCUT2D eigenvalue weighted by Gasteiger charge is 2.20. The minimum absolute atomic E-state index is 0.117. The largest absolute Gasteiger partial charge is 0.378 e. The fourth-order valence-corrected chi connectivity index (χ4v) is 2.42. The van der Waals surface area contributed by atoms with Gasteiger partial charge in [0, 0.05) is 25.7 Å². The highest BCUT2D eigenvalue weighted by atomic mass is 35.5. The van der Waals surface area contributed by atoms with Crippen molar-refractivity contribution in [1.82, 2.24) is 15.1 Å². The van der Waals surface area contributed by atoms with Crippen LogP contribution in [-0.4, -0.2) is 28.9 Å². The maximum absolute atomic E-state index is 12.3. The molecule has 0 unspecified atom stereocenters. The molecule has 1 heterocycles. The van der Waals surface area contributed by atoms with Crippen molar-refractivity contribution < 1.29 is 0 Å². The van der Waals surface area contributed by atoms with Gasteiger partial charge in [-0.2, -0.15) is 5.10 Å². The van der Waals surface area contributed by atoms with Crippen LogP contribution in [0.25, 0.3) is 0 Å². The molecular weight excluding hydrogens is 276 g/mol. The number of hydrogen-bond donors (Lipinski definition) is 2. The second kappa shape index (κ2) is 7.09. The molecule has 0 bridgehead atoms. The summed E-state index contributed by atoms with van der Waals surface area (Å²) in [5.74, 6) is 0.594. The predicted molar refractivity (Wildman–Crippen MR) is 82.5 cm³/mol. The van der Waals surface area contributed by atoms with Gasteiger partial charge in [-0.15, -0.1) is 0 Å². The second-order valence-corrected chi connectivity index (χ2v) is 6.09. The zero-order valence-corrected chi connectivity index (χ0v) is 12.9. The van der Waals surface area contributed by atoms with Crippen molar-refractivity contribution in [3.05, 3.63) is 21.6 Å². The molecule has 1 fully saturated rings. The van der Waals surface area contributed by atoms with Crippen LogP contribution in [0.3, 0.4) is 0 Å². The van der Waals surface area contributed by atoms with Crippen molar-refractivity contribution in [2.75, 3.05) is 18.4 Å². The summed E-state index contributed by atoms with van der Waals surface area (Å²) < 4.78 is 1.54. The molecule has 0 saturated heterocycles. The third-order valence-electron chi connectivity index (χ3n) is 3.63. The topological polar surface area (TPSA) is 59.0 Å². The molecule has 0 radical (unpaired) electrons. The molecule has 112 valence electrons. The Hall–Kier alpha value is -1.07. The van der Waals surface area contributed by atoms with Crippen LogP contribution in [0.2, 0.25) is 5.02 Å². The minimum atomic E-state index is -0.117. The molecule has 0 aromatic carbocycles. The maximum Gasteiger partial charge on any atom is 0.291 e. The van der Waals surface area contributed by atoms with Gasteiger partial charge in [-0.05, 0) is 18.8 Å². The zero-order chi connectivity index (χ0) is 14.5. The van der Waals surface area contributed by atoms with Gasteiger partial charge in [0.15, 0.2) is 0 Å². The van der Waals surface area contributed by atoms with Crippen molar-refractivity contribution in [1.29, 1.82) is 0 Å². The Balaban J connectivity index is 1.99. The number of nitrogens with one attached hydrogen (secondary N) is 2. The monoisotopic (exact) mass is 298 g/mol. The Morgan fingerprint density at radius 1 is 1.45 bits per heavy atom. The van der Waals surface area contributed by atoms with Crippen molar-refractivity contribution in [3.8, 4) is 0 Å². The normalized spacial score (nSPS) is 15.4. The molecule has 20 heavy (non-hydrogen) atoms. The highest BCUT2D eigenvalue weighted by molar-refractivity contribution is 6.32. The van der Waals surface area contributed by atoms with Gasteiger partial charge in [0.05, 0.1) is 11.2 Å². The van der Waals surface area contributed by atoms with Crippen LogP contribution in [-0.2, 0) is 6.54 Å². The molecule has 2 rings (SSSR count). The van der Waals surface area contributed by atoms with E-state index in [1.807, 2.05) is 0 Å². The van der Waals surface area contributed by atoms with E-state index in [0.29, 0.717) is 35.8 Å². The summed E-state index contributed by atoms with van der Waals surface area (Å²) in [5.41, 5.74) is 0.348. The summed E-state index contributed by atoms with van der Waals surface area (Å²) in [7, 11) is 0. The minimum Gasteiger partial charge on any atom is -0.378 e. The lowest BCUT2D eigenvalue weighted by atomic mass is 9.85. The van der Waals surface area contributed by atoms with Crippen LogP contribution < -0.4 is 16.2 Å². The molecule has 2 N–H and O–H groups in total. The van der Waals surface area contributed by atoms with Gasteiger partial charge in [-0.25, -0.2) is 4.68 Å². The smallest absolute Gasteiger partial charge is 0.291 e. The zero-order valence-electron chi connectivity index (χ0n) is 12.2. The van der Waals surface area contributed by atoms with Gasteiger partial charge >= 0.3 is 0 Å². The SMILES string of the molecule is CC(C)NCCNc1c(Cl)cnn(CC2CCC2)c1=O.